The van der Waals surface area contributed by atoms with Crippen LogP contribution in [0, 0.1) is 5.92 Å². The molecule has 1 unspecified atom stereocenters. The van der Waals surface area contributed by atoms with E-state index in [1.165, 1.54) is 0 Å². The van der Waals surface area contributed by atoms with Gasteiger partial charge in [-0.15, -0.1) is 0 Å². The van der Waals surface area contributed by atoms with Crippen LogP contribution < -0.4 is 5.32 Å². The van der Waals surface area contributed by atoms with Gasteiger partial charge in [-0.25, -0.2) is 0 Å². The van der Waals surface area contributed by atoms with Crippen LogP contribution in [-0.2, 0) is 16.0 Å². The van der Waals surface area contributed by atoms with Gasteiger partial charge in [0.05, 0.1) is 12.7 Å². The fraction of sp³-hybridized carbons (Fsp3) is 0.538. The number of carbonyl (C=O) groups excluding carboxylic acids is 1. The molecular weight excluding hydrogens is 234 g/mol. The largest absolute Gasteiger partial charge is 0.481 e. The van der Waals surface area contributed by atoms with E-state index < -0.39 is 5.97 Å². The van der Waals surface area contributed by atoms with E-state index in [1.807, 2.05) is 6.07 Å². The van der Waals surface area contributed by atoms with Gasteiger partial charge in [-0.05, 0) is 30.9 Å². The van der Waals surface area contributed by atoms with Crippen LogP contribution in [-0.4, -0.2) is 23.0 Å². The highest BCUT2D eigenvalue weighted by molar-refractivity contribution is 5.77. The molecule has 1 aliphatic rings. The lowest BCUT2D eigenvalue weighted by atomic mass is 10.1. The minimum atomic E-state index is -0.863. The van der Waals surface area contributed by atoms with E-state index in [4.69, 9.17) is 9.52 Å². The van der Waals surface area contributed by atoms with E-state index in [2.05, 4.69) is 5.32 Å². The average Bonchev–Trinajstić information content (AvgIpc) is 3.02. The van der Waals surface area contributed by atoms with Crippen molar-refractivity contribution in [3.63, 3.8) is 0 Å². The first-order valence-corrected chi connectivity index (χ1v) is 6.18. The van der Waals surface area contributed by atoms with Crippen LogP contribution in [0.25, 0.3) is 0 Å². The standard InChI is InChI=1S/C13H17NO4/c15-12(6-5-10-2-1-7-18-10)14-11(8-13(16)17)9-3-4-9/h1-2,7,9,11H,3-6,8H2,(H,14,15)(H,16,17). The summed E-state index contributed by atoms with van der Waals surface area (Å²) in [6.07, 6.45) is 4.48. The van der Waals surface area contributed by atoms with E-state index in [1.54, 1.807) is 12.3 Å². The van der Waals surface area contributed by atoms with Gasteiger partial charge in [0.25, 0.3) is 0 Å². The highest BCUT2D eigenvalue weighted by Gasteiger charge is 2.33. The van der Waals surface area contributed by atoms with Crippen molar-refractivity contribution in [3.05, 3.63) is 24.2 Å². The number of hydrogen-bond acceptors (Lipinski definition) is 3. The maximum atomic E-state index is 11.7. The van der Waals surface area contributed by atoms with Crippen LogP contribution >= 0.6 is 0 Å². The fourth-order valence-corrected chi connectivity index (χ4v) is 1.99. The molecule has 1 aliphatic carbocycles. The first-order chi connectivity index (χ1) is 8.65. The van der Waals surface area contributed by atoms with E-state index in [9.17, 15) is 9.59 Å². The zero-order chi connectivity index (χ0) is 13.0. The summed E-state index contributed by atoms with van der Waals surface area (Å²) in [6.45, 7) is 0. The Morgan fingerprint density at radius 2 is 2.28 bits per heavy atom. The minimum absolute atomic E-state index is 0.0111. The molecule has 0 saturated heterocycles. The van der Waals surface area contributed by atoms with Crippen LogP contribution in [0.5, 0.6) is 0 Å². The van der Waals surface area contributed by atoms with E-state index in [0.29, 0.717) is 18.8 Å². The van der Waals surface area contributed by atoms with Gasteiger partial charge in [-0.1, -0.05) is 0 Å². The zero-order valence-corrected chi connectivity index (χ0v) is 10.1. The molecule has 0 bridgehead atoms. The van der Waals surface area contributed by atoms with Crippen molar-refractivity contribution in [2.75, 3.05) is 0 Å². The second-order valence-corrected chi connectivity index (χ2v) is 4.69. The number of rotatable bonds is 7. The molecule has 2 N–H and O–H groups in total. The van der Waals surface area contributed by atoms with E-state index >= 15 is 0 Å². The van der Waals surface area contributed by atoms with Crippen molar-refractivity contribution in [2.24, 2.45) is 5.92 Å². The Balaban J connectivity index is 1.76. The lowest BCUT2D eigenvalue weighted by Crippen LogP contribution is -2.38. The van der Waals surface area contributed by atoms with Crippen molar-refractivity contribution in [1.29, 1.82) is 0 Å². The maximum absolute atomic E-state index is 11.7. The van der Waals surface area contributed by atoms with Gasteiger partial charge >= 0.3 is 5.97 Å². The summed E-state index contributed by atoms with van der Waals surface area (Å²) in [7, 11) is 0. The van der Waals surface area contributed by atoms with Crippen molar-refractivity contribution in [2.45, 2.75) is 38.1 Å². The van der Waals surface area contributed by atoms with Crippen molar-refractivity contribution in [1.82, 2.24) is 5.32 Å². The number of aliphatic carboxylic acids is 1. The number of furan rings is 1. The van der Waals surface area contributed by atoms with E-state index in [-0.39, 0.29) is 18.4 Å². The van der Waals surface area contributed by atoms with Gasteiger partial charge in [-0.2, -0.15) is 0 Å². The second-order valence-electron chi connectivity index (χ2n) is 4.69. The summed E-state index contributed by atoms with van der Waals surface area (Å²) in [5.41, 5.74) is 0. The van der Waals surface area contributed by atoms with Gasteiger partial charge in [0.2, 0.25) is 5.91 Å². The molecule has 0 aromatic carbocycles. The Hall–Kier alpha value is -1.78. The van der Waals surface area contributed by atoms with Crippen molar-refractivity contribution in [3.8, 4) is 0 Å². The van der Waals surface area contributed by atoms with Crippen LogP contribution in [0.4, 0.5) is 0 Å². The van der Waals surface area contributed by atoms with Crippen LogP contribution in [0.3, 0.4) is 0 Å². The quantitative estimate of drug-likeness (QED) is 0.771. The van der Waals surface area contributed by atoms with Crippen LogP contribution in [0.2, 0.25) is 0 Å². The highest BCUT2D eigenvalue weighted by atomic mass is 16.4. The minimum Gasteiger partial charge on any atom is -0.481 e. The first-order valence-electron chi connectivity index (χ1n) is 6.18. The number of hydrogen-bond donors (Lipinski definition) is 2. The van der Waals surface area contributed by atoms with Crippen molar-refractivity contribution < 1.29 is 19.1 Å². The first kappa shape index (κ1) is 12.7. The van der Waals surface area contributed by atoms with E-state index in [0.717, 1.165) is 18.6 Å². The Bertz CT molecular complexity index is 409. The second kappa shape index (κ2) is 5.71. The Morgan fingerprint density at radius 1 is 1.50 bits per heavy atom. The molecule has 1 atom stereocenters. The lowest BCUT2D eigenvalue weighted by molar-refractivity contribution is -0.137. The predicted molar refractivity (Wildman–Crippen MR) is 63.9 cm³/mol. The predicted octanol–water partition coefficient (Wildman–Crippen LogP) is 1.58. The monoisotopic (exact) mass is 251 g/mol. The summed E-state index contributed by atoms with van der Waals surface area (Å²) >= 11 is 0. The molecule has 1 heterocycles. The zero-order valence-electron chi connectivity index (χ0n) is 10.1. The topological polar surface area (TPSA) is 79.5 Å². The molecule has 1 fully saturated rings. The number of carboxylic acid groups (broad SMARTS) is 1. The summed E-state index contributed by atoms with van der Waals surface area (Å²) < 4.78 is 5.14. The molecule has 18 heavy (non-hydrogen) atoms. The average molecular weight is 251 g/mol. The van der Waals surface area contributed by atoms with Gasteiger partial charge in [0, 0.05) is 18.9 Å². The third-order valence-corrected chi connectivity index (χ3v) is 3.11. The van der Waals surface area contributed by atoms with Crippen LogP contribution in [0.15, 0.2) is 22.8 Å². The molecule has 0 aliphatic heterocycles. The van der Waals surface area contributed by atoms with Crippen molar-refractivity contribution >= 4 is 11.9 Å². The normalized spacial score (nSPS) is 16.2. The lowest BCUT2D eigenvalue weighted by Gasteiger charge is -2.15. The number of nitrogens with one attached hydrogen (secondary N) is 1. The number of aryl methyl sites for hydroxylation is 1. The molecule has 5 nitrogen and oxygen atoms in total. The SMILES string of the molecule is O=C(O)CC(NC(=O)CCc1ccco1)C1CC1. The third-order valence-electron chi connectivity index (χ3n) is 3.11. The molecule has 1 aromatic heterocycles. The maximum Gasteiger partial charge on any atom is 0.305 e. The van der Waals surface area contributed by atoms with Gasteiger partial charge in [-0.3, -0.25) is 9.59 Å². The molecule has 2 rings (SSSR count). The Morgan fingerprint density at radius 3 is 2.83 bits per heavy atom. The smallest absolute Gasteiger partial charge is 0.305 e. The molecule has 1 amide bonds. The highest BCUT2D eigenvalue weighted by Crippen LogP contribution is 2.34. The molecule has 98 valence electrons. The molecule has 5 heteroatoms. The third kappa shape index (κ3) is 3.91. The summed E-state index contributed by atoms with van der Waals surface area (Å²) in [4.78, 5) is 22.4. The molecule has 0 radical (unpaired) electrons. The Labute approximate surface area is 105 Å². The summed E-state index contributed by atoms with van der Waals surface area (Å²) in [5, 5.41) is 11.6. The number of amides is 1. The Kier molecular flexibility index (Phi) is 4.02. The molecule has 0 spiro atoms. The van der Waals surface area contributed by atoms with Gasteiger partial charge in [0.1, 0.15) is 5.76 Å². The van der Waals surface area contributed by atoms with Gasteiger partial charge in [0.15, 0.2) is 0 Å². The van der Waals surface area contributed by atoms with Gasteiger partial charge < -0.3 is 14.8 Å². The molecular formula is C13H17NO4. The molecule has 1 aromatic rings. The number of carbonyl (C=O) groups is 2. The molecule has 1 saturated carbocycles. The number of carboxylic acids is 1. The summed E-state index contributed by atoms with van der Waals surface area (Å²) in [5.74, 6) is 0.141. The fourth-order valence-electron chi connectivity index (χ4n) is 1.99. The van der Waals surface area contributed by atoms with Crippen LogP contribution in [0.1, 0.15) is 31.4 Å². The summed E-state index contributed by atoms with van der Waals surface area (Å²) in [6, 6.07) is 3.39.